The summed E-state index contributed by atoms with van der Waals surface area (Å²) in [5.74, 6) is 1.43. The van der Waals surface area contributed by atoms with Crippen LogP contribution in [0.5, 0.6) is 0 Å². The first-order valence-corrected chi connectivity index (χ1v) is 11.1. The normalized spacial score (nSPS) is 11.1. The molecule has 0 aliphatic rings. The fraction of sp³-hybridized carbons (Fsp3) is 0.235. The van der Waals surface area contributed by atoms with Crippen LogP contribution >= 0.6 is 11.3 Å². The first-order valence-electron chi connectivity index (χ1n) is 8.80. The van der Waals surface area contributed by atoms with E-state index in [-0.39, 0.29) is 21.8 Å². The molecule has 0 aromatic carbocycles. The fourth-order valence-corrected chi connectivity index (χ4v) is 4.45. The number of pyridine rings is 1. The monoisotopic (exact) mass is 448 g/mol. The van der Waals surface area contributed by atoms with E-state index in [1.54, 1.807) is 12.3 Å². The number of thiazole rings is 1. The van der Waals surface area contributed by atoms with E-state index in [0.29, 0.717) is 24.0 Å². The van der Waals surface area contributed by atoms with Crippen LogP contribution in [0, 0.1) is 6.92 Å². The summed E-state index contributed by atoms with van der Waals surface area (Å²) < 4.78 is 27.1. The van der Waals surface area contributed by atoms with Crippen LogP contribution < -0.4 is 20.7 Å². The Labute approximate surface area is 177 Å². The van der Waals surface area contributed by atoms with E-state index in [2.05, 4.69) is 40.6 Å². The zero-order valence-electron chi connectivity index (χ0n) is 16.2. The van der Waals surface area contributed by atoms with Crippen molar-refractivity contribution < 1.29 is 13.2 Å². The number of aryl methyl sites for hydroxylation is 1. The summed E-state index contributed by atoms with van der Waals surface area (Å²) in [4.78, 5) is 27.4. The average Bonchev–Trinajstić information content (AvgIpc) is 3.14. The van der Waals surface area contributed by atoms with Gasteiger partial charge in [-0.2, -0.15) is 0 Å². The van der Waals surface area contributed by atoms with Gasteiger partial charge in [0.15, 0.2) is 9.34 Å². The van der Waals surface area contributed by atoms with Gasteiger partial charge in [0.1, 0.15) is 23.8 Å². The smallest absolute Gasteiger partial charge is 0.251 e. The molecule has 3 rings (SSSR count). The second kappa shape index (κ2) is 9.56. The summed E-state index contributed by atoms with van der Waals surface area (Å²) in [6.45, 7) is 3.72. The highest BCUT2D eigenvalue weighted by Crippen LogP contribution is 2.22. The van der Waals surface area contributed by atoms with Gasteiger partial charge < -0.3 is 16.0 Å². The third-order valence-corrected chi connectivity index (χ3v) is 6.43. The van der Waals surface area contributed by atoms with Gasteiger partial charge in [0.25, 0.3) is 10.0 Å². The van der Waals surface area contributed by atoms with Crippen LogP contribution in [0.4, 0.5) is 22.6 Å². The topological polar surface area (TPSA) is 151 Å². The Hall–Kier alpha value is -3.16. The van der Waals surface area contributed by atoms with E-state index in [1.807, 2.05) is 19.1 Å². The number of rotatable bonds is 9. The standard InChI is InChI=1S/C17H20N8O3S2/c1-11-3-4-18-14(7-11)25-15-8-13(21-10-22-15)19-5-6-23-30(27,28)16-9-20-17(29-16)24-12(2)26/h3-4,7-10,23H,5-6H2,1-2H3,(H,20,24,26)(H2,18,19,21,22,25). The second-order valence-corrected chi connectivity index (χ2v) is 9.15. The Kier molecular flexibility index (Phi) is 6.87. The maximum Gasteiger partial charge on any atom is 0.251 e. The SMILES string of the molecule is CC(=O)Nc1ncc(S(=O)(=O)NCCNc2cc(Nc3cc(C)ccn3)ncn2)s1. The highest BCUT2D eigenvalue weighted by atomic mass is 32.2. The third kappa shape index (κ3) is 6.17. The van der Waals surface area contributed by atoms with Gasteiger partial charge in [0.05, 0.1) is 6.20 Å². The van der Waals surface area contributed by atoms with Crippen LogP contribution in [0.15, 0.2) is 41.1 Å². The van der Waals surface area contributed by atoms with Gasteiger partial charge in [-0.05, 0) is 24.6 Å². The molecule has 0 fully saturated rings. The number of amides is 1. The molecule has 13 heteroatoms. The van der Waals surface area contributed by atoms with Crippen LogP contribution in [-0.4, -0.2) is 47.4 Å². The Morgan fingerprint density at radius 1 is 1.07 bits per heavy atom. The summed E-state index contributed by atoms with van der Waals surface area (Å²) >= 11 is 0.878. The highest BCUT2D eigenvalue weighted by molar-refractivity contribution is 7.91. The average molecular weight is 449 g/mol. The van der Waals surface area contributed by atoms with Crippen molar-refractivity contribution in [3.05, 3.63) is 42.5 Å². The largest absolute Gasteiger partial charge is 0.369 e. The molecule has 0 radical (unpaired) electrons. The van der Waals surface area contributed by atoms with E-state index in [4.69, 9.17) is 0 Å². The fourth-order valence-electron chi connectivity index (χ4n) is 2.30. The molecule has 0 aliphatic heterocycles. The first-order chi connectivity index (χ1) is 14.3. The van der Waals surface area contributed by atoms with Gasteiger partial charge in [-0.15, -0.1) is 0 Å². The third-order valence-electron chi connectivity index (χ3n) is 3.59. The summed E-state index contributed by atoms with van der Waals surface area (Å²) in [5, 5.41) is 8.80. The molecule has 0 saturated carbocycles. The lowest BCUT2D eigenvalue weighted by Crippen LogP contribution is -2.28. The maximum atomic E-state index is 12.3. The second-order valence-electron chi connectivity index (χ2n) is 6.12. The lowest BCUT2D eigenvalue weighted by atomic mass is 10.3. The zero-order valence-corrected chi connectivity index (χ0v) is 17.8. The van der Waals surface area contributed by atoms with E-state index < -0.39 is 10.0 Å². The minimum absolute atomic E-state index is 0.0189. The van der Waals surface area contributed by atoms with E-state index in [0.717, 1.165) is 16.9 Å². The molecule has 0 unspecified atom stereocenters. The molecule has 3 heterocycles. The van der Waals surface area contributed by atoms with Crippen molar-refractivity contribution in [2.75, 3.05) is 29.0 Å². The molecule has 158 valence electrons. The Morgan fingerprint density at radius 2 is 1.83 bits per heavy atom. The van der Waals surface area contributed by atoms with Crippen LogP contribution in [-0.2, 0) is 14.8 Å². The Balaban J connectivity index is 1.51. The quantitative estimate of drug-likeness (QED) is 0.359. The van der Waals surface area contributed by atoms with Gasteiger partial charge in [-0.25, -0.2) is 33.1 Å². The van der Waals surface area contributed by atoms with Gasteiger partial charge in [-0.1, -0.05) is 11.3 Å². The van der Waals surface area contributed by atoms with Crippen LogP contribution in [0.25, 0.3) is 0 Å². The van der Waals surface area contributed by atoms with Crippen molar-refractivity contribution in [2.45, 2.75) is 18.1 Å². The van der Waals surface area contributed by atoms with Crippen LogP contribution in [0.2, 0.25) is 0 Å². The number of nitrogens with one attached hydrogen (secondary N) is 4. The van der Waals surface area contributed by atoms with Gasteiger partial charge in [-0.3, -0.25) is 4.79 Å². The molecule has 30 heavy (non-hydrogen) atoms. The van der Waals surface area contributed by atoms with Gasteiger partial charge >= 0.3 is 0 Å². The van der Waals surface area contributed by atoms with E-state index in [9.17, 15) is 13.2 Å². The lowest BCUT2D eigenvalue weighted by Gasteiger charge is -2.09. The van der Waals surface area contributed by atoms with Crippen LogP contribution in [0.1, 0.15) is 12.5 Å². The molecule has 0 saturated heterocycles. The number of aromatic nitrogens is 4. The predicted octanol–water partition coefficient (Wildman–Crippen LogP) is 1.73. The van der Waals surface area contributed by atoms with Crippen molar-refractivity contribution in [1.29, 1.82) is 0 Å². The minimum atomic E-state index is -3.72. The number of carbonyl (C=O) groups excluding carboxylic acids is 1. The molecule has 3 aromatic heterocycles. The summed E-state index contributed by atoms with van der Waals surface area (Å²) in [5.41, 5.74) is 1.07. The molecule has 0 atom stereocenters. The highest BCUT2D eigenvalue weighted by Gasteiger charge is 2.17. The molecule has 0 aliphatic carbocycles. The Bertz CT molecular complexity index is 1130. The first kappa shape index (κ1) is 21.5. The zero-order chi connectivity index (χ0) is 21.6. The number of sulfonamides is 1. The van der Waals surface area contributed by atoms with Crippen molar-refractivity contribution in [3.63, 3.8) is 0 Å². The number of nitrogens with zero attached hydrogens (tertiary/aromatic N) is 4. The summed E-state index contributed by atoms with van der Waals surface area (Å²) in [7, 11) is -3.72. The molecule has 3 aromatic rings. The van der Waals surface area contributed by atoms with Crippen molar-refractivity contribution in [1.82, 2.24) is 24.7 Å². The number of carbonyl (C=O) groups is 1. The van der Waals surface area contributed by atoms with Gasteiger partial charge in [0, 0.05) is 32.3 Å². The number of hydrogen-bond acceptors (Lipinski definition) is 10. The Morgan fingerprint density at radius 3 is 2.60 bits per heavy atom. The minimum Gasteiger partial charge on any atom is -0.369 e. The molecular weight excluding hydrogens is 428 g/mol. The van der Waals surface area contributed by atoms with Crippen molar-refractivity contribution >= 4 is 49.9 Å². The lowest BCUT2D eigenvalue weighted by molar-refractivity contribution is -0.114. The molecule has 1 amide bonds. The molecule has 4 N–H and O–H groups in total. The van der Waals surface area contributed by atoms with Gasteiger partial charge in [0.2, 0.25) is 5.91 Å². The predicted molar refractivity (Wildman–Crippen MR) is 114 cm³/mol. The molecule has 0 bridgehead atoms. The van der Waals surface area contributed by atoms with Crippen molar-refractivity contribution in [3.8, 4) is 0 Å². The summed E-state index contributed by atoms with van der Waals surface area (Å²) in [6.07, 6.45) is 4.30. The van der Waals surface area contributed by atoms with Crippen LogP contribution in [0.3, 0.4) is 0 Å². The molecular formula is C17H20N8O3S2. The maximum absolute atomic E-state index is 12.3. The van der Waals surface area contributed by atoms with E-state index in [1.165, 1.54) is 19.4 Å². The molecule has 11 nitrogen and oxygen atoms in total. The number of hydrogen-bond donors (Lipinski definition) is 4. The van der Waals surface area contributed by atoms with E-state index >= 15 is 0 Å². The summed E-state index contributed by atoms with van der Waals surface area (Å²) in [6, 6.07) is 5.48. The van der Waals surface area contributed by atoms with Crippen molar-refractivity contribution in [2.24, 2.45) is 0 Å². The number of anilines is 4. The molecule has 0 spiro atoms.